The maximum absolute atomic E-state index is 13.5. The number of hydrogen-bond acceptors (Lipinski definition) is 3. The fourth-order valence-electron chi connectivity index (χ4n) is 1.70. The summed E-state index contributed by atoms with van der Waals surface area (Å²) < 4.78 is 31.7. The molecular formula is C15H13F2N3OS. The molecule has 0 spiro atoms. The van der Waals surface area contributed by atoms with Gasteiger partial charge in [-0.05, 0) is 29.9 Å². The quantitative estimate of drug-likeness (QED) is 0.505. The van der Waals surface area contributed by atoms with Gasteiger partial charge >= 0.3 is 0 Å². The Morgan fingerprint density at radius 1 is 1.27 bits per heavy atom. The summed E-state index contributed by atoms with van der Waals surface area (Å²) in [6.45, 7) is 0.109. The van der Waals surface area contributed by atoms with Gasteiger partial charge in [0.2, 0.25) is 0 Å². The molecule has 0 fully saturated rings. The zero-order valence-corrected chi connectivity index (χ0v) is 12.2. The maximum Gasteiger partial charge on any atom is 0.184 e. The first kappa shape index (κ1) is 15.8. The van der Waals surface area contributed by atoms with E-state index < -0.39 is 11.6 Å². The van der Waals surface area contributed by atoms with Crippen LogP contribution in [0, 0.1) is 11.6 Å². The van der Waals surface area contributed by atoms with Crippen molar-refractivity contribution in [3.63, 3.8) is 0 Å². The van der Waals surface area contributed by atoms with E-state index in [1.54, 1.807) is 0 Å². The van der Waals surface area contributed by atoms with Crippen molar-refractivity contribution in [1.82, 2.24) is 5.43 Å². The van der Waals surface area contributed by atoms with Crippen molar-refractivity contribution in [3.8, 4) is 5.75 Å². The SMILES string of the molecule is NC(=S)NN=Cc1ccccc1COc1ccc(F)cc1F. The van der Waals surface area contributed by atoms with Crippen molar-refractivity contribution in [2.45, 2.75) is 6.61 Å². The minimum atomic E-state index is -0.749. The Kier molecular flexibility index (Phi) is 5.37. The van der Waals surface area contributed by atoms with E-state index >= 15 is 0 Å². The minimum Gasteiger partial charge on any atom is -0.486 e. The molecule has 0 aliphatic rings. The van der Waals surface area contributed by atoms with Gasteiger partial charge in [0.1, 0.15) is 12.4 Å². The van der Waals surface area contributed by atoms with Crippen LogP contribution < -0.4 is 15.9 Å². The summed E-state index contributed by atoms with van der Waals surface area (Å²) in [4.78, 5) is 0. The van der Waals surface area contributed by atoms with Crippen LogP contribution in [-0.4, -0.2) is 11.3 Å². The van der Waals surface area contributed by atoms with E-state index in [4.69, 9.17) is 10.5 Å². The van der Waals surface area contributed by atoms with E-state index in [0.29, 0.717) is 0 Å². The number of thiocarbonyl (C=S) groups is 1. The number of nitrogens with one attached hydrogen (secondary N) is 1. The molecule has 0 radical (unpaired) electrons. The third-order valence-electron chi connectivity index (χ3n) is 2.71. The Hall–Kier alpha value is -2.54. The standard InChI is InChI=1S/C15H13F2N3OS/c16-12-5-6-14(13(17)7-12)21-9-11-4-2-1-3-10(11)8-19-20-15(18)22/h1-8H,9H2,(H3,18,20,22). The first-order valence-corrected chi connectivity index (χ1v) is 6.71. The second-order valence-corrected chi connectivity index (χ2v) is 4.74. The molecule has 114 valence electrons. The van der Waals surface area contributed by atoms with E-state index in [0.717, 1.165) is 23.3 Å². The van der Waals surface area contributed by atoms with E-state index in [1.165, 1.54) is 12.3 Å². The molecule has 0 bridgehead atoms. The molecule has 0 atom stereocenters. The van der Waals surface area contributed by atoms with Crippen molar-refractivity contribution < 1.29 is 13.5 Å². The lowest BCUT2D eigenvalue weighted by molar-refractivity contribution is 0.289. The smallest absolute Gasteiger partial charge is 0.184 e. The Morgan fingerprint density at radius 3 is 2.77 bits per heavy atom. The van der Waals surface area contributed by atoms with Crippen LogP contribution >= 0.6 is 12.2 Å². The first-order valence-electron chi connectivity index (χ1n) is 6.30. The molecule has 2 aromatic rings. The van der Waals surface area contributed by atoms with Crippen LogP contribution in [0.1, 0.15) is 11.1 Å². The molecule has 0 amide bonds. The topological polar surface area (TPSA) is 59.6 Å². The Labute approximate surface area is 131 Å². The molecule has 0 saturated carbocycles. The Bertz CT molecular complexity index is 707. The van der Waals surface area contributed by atoms with Crippen LogP contribution in [0.15, 0.2) is 47.6 Å². The highest BCUT2D eigenvalue weighted by Crippen LogP contribution is 2.19. The van der Waals surface area contributed by atoms with E-state index in [9.17, 15) is 8.78 Å². The molecular weight excluding hydrogens is 308 g/mol. The molecule has 4 nitrogen and oxygen atoms in total. The molecule has 7 heteroatoms. The second kappa shape index (κ2) is 7.46. The van der Waals surface area contributed by atoms with Crippen molar-refractivity contribution in [2.24, 2.45) is 10.8 Å². The number of hydrogen-bond donors (Lipinski definition) is 2. The minimum absolute atomic E-state index is 0.0191. The van der Waals surface area contributed by atoms with Gasteiger partial charge in [-0.15, -0.1) is 0 Å². The third kappa shape index (κ3) is 4.49. The fraction of sp³-hybridized carbons (Fsp3) is 0.0667. The summed E-state index contributed by atoms with van der Waals surface area (Å²) >= 11 is 4.64. The van der Waals surface area contributed by atoms with Crippen LogP contribution in [0.3, 0.4) is 0 Å². The zero-order valence-electron chi connectivity index (χ0n) is 11.4. The summed E-state index contributed by atoms with van der Waals surface area (Å²) in [5.74, 6) is -1.42. The van der Waals surface area contributed by atoms with Gasteiger partial charge in [-0.25, -0.2) is 8.78 Å². The normalized spacial score (nSPS) is 10.6. The van der Waals surface area contributed by atoms with Gasteiger partial charge in [0.25, 0.3) is 0 Å². The summed E-state index contributed by atoms with van der Waals surface area (Å²) in [7, 11) is 0. The van der Waals surface area contributed by atoms with Crippen LogP contribution in [0.5, 0.6) is 5.75 Å². The predicted molar refractivity (Wildman–Crippen MR) is 84.6 cm³/mol. The summed E-state index contributed by atoms with van der Waals surface area (Å²) in [5.41, 5.74) is 9.25. The van der Waals surface area contributed by atoms with Crippen LogP contribution in [0.25, 0.3) is 0 Å². The van der Waals surface area contributed by atoms with Gasteiger partial charge in [0, 0.05) is 11.6 Å². The van der Waals surface area contributed by atoms with Crippen molar-refractivity contribution in [1.29, 1.82) is 0 Å². The van der Waals surface area contributed by atoms with Crippen LogP contribution in [0.4, 0.5) is 8.78 Å². The highest BCUT2D eigenvalue weighted by molar-refractivity contribution is 7.80. The Morgan fingerprint density at radius 2 is 2.05 bits per heavy atom. The lowest BCUT2D eigenvalue weighted by Crippen LogP contribution is -2.24. The van der Waals surface area contributed by atoms with Gasteiger partial charge in [-0.2, -0.15) is 5.10 Å². The molecule has 22 heavy (non-hydrogen) atoms. The number of halogens is 2. The first-order chi connectivity index (χ1) is 10.6. The molecule has 0 aromatic heterocycles. The molecule has 2 rings (SSSR count). The average molecular weight is 321 g/mol. The van der Waals surface area contributed by atoms with Crippen molar-refractivity contribution >= 4 is 23.5 Å². The van der Waals surface area contributed by atoms with Gasteiger partial charge in [-0.1, -0.05) is 24.3 Å². The summed E-state index contributed by atoms with van der Waals surface area (Å²) in [6.07, 6.45) is 1.53. The lowest BCUT2D eigenvalue weighted by Gasteiger charge is -2.09. The Balaban J connectivity index is 2.09. The van der Waals surface area contributed by atoms with Gasteiger partial charge in [0.05, 0.1) is 6.21 Å². The zero-order chi connectivity index (χ0) is 15.9. The van der Waals surface area contributed by atoms with E-state index in [-0.39, 0.29) is 17.5 Å². The second-order valence-electron chi connectivity index (χ2n) is 4.30. The average Bonchev–Trinajstić information content (AvgIpc) is 2.47. The molecule has 0 aliphatic heterocycles. The number of hydrazone groups is 1. The number of benzene rings is 2. The third-order valence-corrected chi connectivity index (χ3v) is 2.80. The van der Waals surface area contributed by atoms with Crippen molar-refractivity contribution in [2.75, 3.05) is 0 Å². The highest BCUT2D eigenvalue weighted by Gasteiger charge is 2.06. The van der Waals surface area contributed by atoms with Crippen molar-refractivity contribution in [3.05, 3.63) is 65.2 Å². The van der Waals surface area contributed by atoms with Crippen LogP contribution in [-0.2, 0) is 6.61 Å². The molecule has 0 saturated heterocycles. The van der Waals surface area contributed by atoms with Gasteiger partial charge in [0.15, 0.2) is 16.7 Å². The number of nitrogens with zero attached hydrogens (tertiary/aromatic N) is 1. The molecule has 0 aliphatic carbocycles. The number of nitrogens with two attached hydrogens (primary N) is 1. The van der Waals surface area contributed by atoms with Gasteiger partial charge in [-0.3, -0.25) is 5.43 Å². The predicted octanol–water partition coefficient (Wildman–Crippen LogP) is 2.71. The fourth-order valence-corrected chi connectivity index (χ4v) is 1.76. The molecule has 0 unspecified atom stereocenters. The van der Waals surface area contributed by atoms with E-state index in [2.05, 4.69) is 22.7 Å². The summed E-state index contributed by atoms with van der Waals surface area (Å²) in [6, 6.07) is 10.4. The van der Waals surface area contributed by atoms with Crippen LogP contribution in [0.2, 0.25) is 0 Å². The van der Waals surface area contributed by atoms with Gasteiger partial charge < -0.3 is 10.5 Å². The molecule has 2 aromatic carbocycles. The maximum atomic E-state index is 13.5. The molecule has 3 N–H and O–H groups in total. The molecule has 0 heterocycles. The summed E-state index contributed by atoms with van der Waals surface area (Å²) in [5, 5.41) is 3.92. The monoisotopic (exact) mass is 321 g/mol. The number of ether oxygens (including phenoxy) is 1. The largest absolute Gasteiger partial charge is 0.486 e. The van der Waals surface area contributed by atoms with E-state index in [1.807, 2.05) is 24.3 Å². The lowest BCUT2D eigenvalue weighted by atomic mass is 10.1. The highest BCUT2D eigenvalue weighted by atomic mass is 32.1. The number of rotatable bonds is 5.